The first-order valence-electron chi connectivity index (χ1n) is 7.61. The summed E-state index contributed by atoms with van der Waals surface area (Å²) in [6.07, 6.45) is 10.1. The zero-order chi connectivity index (χ0) is 13.9. The third kappa shape index (κ3) is 7.74. The third-order valence-electron chi connectivity index (χ3n) is 3.66. The quantitative estimate of drug-likeness (QED) is 0.574. The lowest BCUT2D eigenvalue weighted by atomic mass is 9.94. The molecule has 1 N–H and O–H groups in total. The van der Waals surface area contributed by atoms with Crippen LogP contribution in [0.25, 0.3) is 0 Å². The average Bonchev–Trinajstić information content (AvgIpc) is 2.43. The van der Waals surface area contributed by atoms with E-state index in [2.05, 4.69) is 47.1 Å². The second-order valence-electron chi connectivity index (χ2n) is 5.44. The van der Waals surface area contributed by atoms with Crippen molar-refractivity contribution < 1.29 is 5.11 Å². The molecule has 0 saturated heterocycles. The van der Waals surface area contributed by atoms with Crippen LogP contribution < -0.4 is 0 Å². The van der Waals surface area contributed by atoms with Crippen LogP contribution in [0.4, 0.5) is 0 Å². The fourth-order valence-corrected chi connectivity index (χ4v) is 2.69. The summed E-state index contributed by atoms with van der Waals surface area (Å²) >= 11 is 3.45. The van der Waals surface area contributed by atoms with Crippen LogP contribution in [0.3, 0.4) is 0 Å². The fraction of sp³-hybridized carbons (Fsp3) is 0.647. The number of benzene rings is 1. The molecule has 0 bridgehead atoms. The second-order valence-corrected chi connectivity index (χ2v) is 6.35. The summed E-state index contributed by atoms with van der Waals surface area (Å²) in [7, 11) is 0. The van der Waals surface area contributed by atoms with Gasteiger partial charge in [-0.15, -0.1) is 0 Å². The Morgan fingerprint density at radius 2 is 1.63 bits per heavy atom. The van der Waals surface area contributed by atoms with Gasteiger partial charge in [-0.1, -0.05) is 73.5 Å². The van der Waals surface area contributed by atoms with Crippen LogP contribution in [0, 0.1) is 5.92 Å². The average molecular weight is 327 g/mol. The number of rotatable bonds is 10. The van der Waals surface area contributed by atoms with Crippen molar-refractivity contribution in [1.29, 1.82) is 0 Å². The van der Waals surface area contributed by atoms with Crippen molar-refractivity contribution in [1.82, 2.24) is 0 Å². The molecule has 0 aliphatic rings. The Morgan fingerprint density at radius 1 is 1.00 bits per heavy atom. The molecule has 1 aromatic carbocycles. The predicted octanol–water partition coefficient (Wildman–Crippen LogP) is 5.35. The van der Waals surface area contributed by atoms with Gasteiger partial charge in [0.15, 0.2) is 0 Å². The lowest BCUT2D eigenvalue weighted by Gasteiger charge is -2.14. The van der Waals surface area contributed by atoms with Gasteiger partial charge in [0.1, 0.15) is 0 Å². The minimum absolute atomic E-state index is 0.311. The van der Waals surface area contributed by atoms with Crippen LogP contribution in [0.5, 0.6) is 0 Å². The first-order chi connectivity index (χ1) is 9.26. The summed E-state index contributed by atoms with van der Waals surface area (Å²) < 4.78 is 1.12. The van der Waals surface area contributed by atoms with Crippen LogP contribution in [0.2, 0.25) is 0 Å². The van der Waals surface area contributed by atoms with E-state index in [4.69, 9.17) is 0 Å². The van der Waals surface area contributed by atoms with Crippen LogP contribution in [0.1, 0.15) is 57.4 Å². The normalized spacial score (nSPS) is 12.6. The van der Waals surface area contributed by atoms with E-state index in [0.29, 0.717) is 12.5 Å². The van der Waals surface area contributed by atoms with E-state index in [1.165, 1.54) is 44.1 Å². The molecule has 2 heteroatoms. The summed E-state index contributed by atoms with van der Waals surface area (Å²) in [5, 5.41) is 9.47. The van der Waals surface area contributed by atoms with Crippen molar-refractivity contribution in [2.75, 3.05) is 6.61 Å². The minimum Gasteiger partial charge on any atom is -0.396 e. The smallest absolute Gasteiger partial charge is 0.0462 e. The van der Waals surface area contributed by atoms with Gasteiger partial charge < -0.3 is 5.11 Å². The zero-order valence-corrected chi connectivity index (χ0v) is 13.7. The molecule has 0 aliphatic carbocycles. The maximum absolute atomic E-state index is 9.47. The standard InChI is InChI=1S/C17H27BrO/c1-2-3-4-5-6-7-8-16(14-19)13-15-9-11-17(18)12-10-15/h9-12,16,19H,2-8,13-14H2,1H3. The largest absolute Gasteiger partial charge is 0.396 e. The van der Waals surface area contributed by atoms with E-state index < -0.39 is 0 Å². The van der Waals surface area contributed by atoms with Gasteiger partial charge in [-0.3, -0.25) is 0 Å². The lowest BCUT2D eigenvalue weighted by molar-refractivity contribution is 0.214. The Hall–Kier alpha value is -0.340. The molecule has 1 aromatic rings. The first-order valence-corrected chi connectivity index (χ1v) is 8.40. The number of unbranched alkanes of at least 4 members (excludes halogenated alkanes) is 5. The zero-order valence-electron chi connectivity index (χ0n) is 12.1. The Labute approximate surface area is 126 Å². The molecule has 0 aliphatic heterocycles. The molecule has 1 rings (SSSR count). The lowest BCUT2D eigenvalue weighted by Crippen LogP contribution is -2.09. The topological polar surface area (TPSA) is 20.2 Å². The summed E-state index contributed by atoms with van der Waals surface area (Å²) in [6, 6.07) is 8.45. The van der Waals surface area contributed by atoms with Crippen molar-refractivity contribution in [3.05, 3.63) is 34.3 Å². The van der Waals surface area contributed by atoms with Crippen LogP contribution in [-0.4, -0.2) is 11.7 Å². The summed E-state index contributed by atoms with van der Waals surface area (Å²) in [5.41, 5.74) is 1.33. The maximum atomic E-state index is 9.47. The predicted molar refractivity (Wildman–Crippen MR) is 86.4 cm³/mol. The molecule has 0 spiro atoms. The molecule has 0 aromatic heterocycles. The van der Waals surface area contributed by atoms with Crippen molar-refractivity contribution in [2.24, 2.45) is 5.92 Å². The number of aliphatic hydroxyl groups excluding tert-OH is 1. The highest BCUT2D eigenvalue weighted by Gasteiger charge is 2.08. The summed E-state index contributed by atoms with van der Waals surface area (Å²) in [5.74, 6) is 0.423. The molecule has 0 amide bonds. The molecular weight excluding hydrogens is 300 g/mol. The molecule has 1 nitrogen and oxygen atoms in total. The van der Waals surface area contributed by atoms with Crippen molar-refractivity contribution >= 4 is 15.9 Å². The minimum atomic E-state index is 0.311. The monoisotopic (exact) mass is 326 g/mol. The van der Waals surface area contributed by atoms with E-state index in [0.717, 1.165) is 17.3 Å². The Morgan fingerprint density at radius 3 is 2.26 bits per heavy atom. The van der Waals surface area contributed by atoms with E-state index in [9.17, 15) is 5.11 Å². The SMILES string of the molecule is CCCCCCCCC(CO)Cc1ccc(Br)cc1. The summed E-state index contributed by atoms with van der Waals surface area (Å²) in [6.45, 7) is 2.56. The highest BCUT2D eigenvalue weighted by Crippen LogP contribution is 2.18. The van der Waals surface area contributed by atoms with Gasteiger partial charge in [-0.25, -0.2) is 0 Å². The second kappa shape index (κ2) is 10.4. The number of hydrogen-bond acceptors (Lipinski definition) is 1. The maximum Gasteiger partial charge on any atom is 0.0462 e. The van der Waals surface area contributed by atoms with Gasteiger partial charge in [0.05, 0.1) is 0 Å². The molecule has 0 heterocycles. The van der Waals surface area contributed by atoms with Gasteiger partial charge in [0, 0.05) is 11.1 Å². The Bertz CT molecular complexity index is 321. The molecule has 19 heavy (non-hydrogen) atoms. The van der Waals surface area contributed by atoms with Crippen LogP contribution in [-0.2, 0) is 6.42 Å². The van der Waals surface area contributed by atoms with Gasteiger partial charge in [0.25, 0.3) is 0 Å². The molecular formula is C17H27BrO. The fourth-order valence-electron chi connectivity index (χ4n) is 2.43. The van der Waals surface area contributed by atoms with Gasteiger partial charge in [0.2, 0.25) is 0 Å². The van der Waals surface area contributed by atoms with Crippen molar-refractivity contribution in [2.45, 2.75) is 58.3 Å². The molecule has 0 saturated carbocycles. The number of hydrogen-bond donors (Lipinski definition) is 1. The third-order valence-corrected chi connectivity index (χ3v) is 4.19. The Kier molecular flexibility index (Phi) is 9.19. The Balaban J connectivity index is 2.20. The summed E-state index contributed by atoms with van der Waals surface area (Å²) in [4.78, 5) is 0. The molecule has 0 radical (unpaired) electrons. The highest BCUT2D eigenvalue weighted by molar-refractivity contribution is 9.10. The highest BCUT2D eigenvalue weighted by atomic mass is 79.9. The van der Waals surface area contributed by atoms with E-state index in [1.807, 2.05) is 0 Å². The van der Waals surface area contributed by atoms with Crippen molar-refractivity contribution in [3.8, 4) is 0 Å². The molecule has 0 fully saturated rings. The van der Waals surface area contributed by atoms with E-state index in [-0.39, 0.29) is 0 Å². The van der Waals surface area contributed by atoms with Gasteiger partial charge in [-0.05, 0) is 36.5 Å². The number of aliphatic hydroxyl groups is 1. The van der Waals surface area contributed by atoms with Crippen molar-refractivity contribution in [3.63, 3.8) is 0 Å². The van der Waals surface area contributed by atoms with Crippen LogP contribution >= 0.6 is 15.9 Å². The molecule has 1 atom stereocenters. The molecule has 108 valence electrons. The van der Waals surface area contributed by atoms with Gasteiger partial charge in [-0.2, -0.15) is 0 Å². The van der Waals surface area contributed by atoms with E-state index >= 15 is 0 Å². The molecule has 1 unspecified atom stereocenters. The first kappa shape index (κ1) is 16.7. The van der Waals surface area contributed by atoms with E-state index in [1.54, 1.807) is 0 Å². The number of halogens is 1. The van der Waals surface area contributed by atoms with Gasteiger partial charge >= 0.3 is 0 Å². The van der Waals surface area contributed by atoms with Crippen LogP contribution in [0.15, 0.2) is 28.7 Å².